The molecule has 9 rings (SSSR count). The Morgan fingerprint density at radius 2 is 1.08 bits per heavy atom. The van der Waals surface area contributed by atoms with Gasteiger partial charge >= 0.3 is 0 Å². The molecule has 0 saturated heterocycles. The first kappa shape index (κ1) is 38.2. The SMILES string of the molecule is COc1cccc(-c2c3cc(c(-c4cccc(O)c4)c4ccc([nH]4)c(-c4cccc(O)c4)c4nc(c(-c5cccc(O)c5)c5ccc2[nH]5)C=C4)CN3CC(C)S(=O)(=O)O)c1. The lowest BCUT2D eigenvalue weighted by Crippen LogP contribution is -2.33. The largest absolute Gasteiger partial charge is 0.508 e. The molecule has 60 heavy (non-hydrogen) atoms. The van der Waals surface area contributed by atoms with Crippen molar-refractivity contribution < 1.29 is 33.0 Å². The van der Waals surface area contributed by atoms with E-state index in [2.05, 4.69) is 9.97 Å². The number of aromatic nitrogens is 3. The summed E-state index contributed by atoms with van der Waals surface area (Å²) in [6.07, 6.45) is 3.86. The monoisotopic (exact) mass is 816 g/mol. The summed E-state index contributed by atoms with van der Waals surface area (Å²) in [4.78, 5) is 14.5. The number of nitrogens with one attached hydrogen (secondary N) is 2. The lowest BCUT2D eigenvalue weighted by Gasteiger charge is -2.25. The molecule has 1 atom stereocenters. The first-order chi connectivity index (χ1) is 28.9. The number of rotatable bonds is 8. The van der Waals surface area contributed by atoms with E-state index in [1.165, 1.54) is 6.92 Å². The molecule has 8 bridgehead atoms. The molecular weight excluding hydrogens is 777 g/mol. The van der Waals surface area contributed by atoms with Gasteiger partial charge in [0.15, 0.2) is 0 Å². The fourth-order valence-electron chi connectivity index (χ4n) is 8.16. The van der Waals surface area contributed by atoms with Crippen molar-refractivity contribution >= 4 is 50.0 Å². The summed E-state index contributed by atoms with van der Waals surface area (Å²) >= 11 is 0. The number of hydrogen-bond donors (Lipinski definition) is 6. The van der Waals surface area contributed by atoms with Crippen molar-refractivity contribution in [2.45, 2.75) is 18.7 Å². The Morgan fingerprint density at radius 3 is 1.57 bits per heavy atom. The average molecular weight is 817 g/mol. The Kier molecular flexibility index (Phi) is 9.66. The van der Waals surface area contributed by atoms with Gasteiger partial charge in [0, 0.05) is 63.1 Å². The third kappa shape index (κ3) is 7.23. The van der Waals surface area contributed by atoms with Crippen LogP contribution in [0.25, 0.3) is 78.7 Å². The fraction of sp³-hybridized carbons (Fsp3) is 0.104. The maximum Gasteiger partial charge on any atom is 0.269 e. The van der Waals surface area contributed by atoms with E-state index < -0.39 is 15.4 Å². The molecule has 7 aromatic rings. The summed E-state index contributed by atoms with van der Waals surface area (Å²) in [7, 11) is -2.84. The van der Waals surface area contributed by atoms with Crippen molar-refractivity contribution in [2.24, 2.45) is 0 Å². The summed E-state index contributed by atoms with van der Waals surface area (Å²) in [5, 5.41) is 31.0. The molecule has 11 nitrogen and oxygen atoms in total. The standard InChI is InChI=1S/C48H40N4O7S/c1-28(60(56,57)58)26-52-27-33-25-44(52)48(32-10-6-14-37(24-32)59-2)43-20-19-42(51-43)47(31-9-5-13-36(55)23-31)41-18-17-40(50-41)46(30-8-4-12-35(54)22-30)39-16-15-38(49-39)45(33)29-7-3-11-34(53)21-29/h3-25,28,49,51,53-55H,26-27H2,1-2H3,(H,56,57,58). The fourth-order valence-corrected chi connectivity index (χ4v) is 8.52. The summed E-state index contributed by atoms with van der Waals surface area (Å²) in [6, 6.07) is 38.4. The normalized spacial score (nSPS) is 13.1. The molecule has 5 heterocycles. The zero-order valence-corrected chi connectivity index (χ0v) is 33.4. The second-order valence-corrected chi connectivity index (χ2v) is 16.8. The second kappa shape index (κ2) is 15.1. The van der Waals surface area contributed by atoms with E-state index in [9.17, 15) is 28.3 Å². The van der Waals surface area contributed by atoms with E-state index in [4.69, 9.17) is 9.72 Å². The molecule has 0 fully saturated rings. The Balaban J connectivity index is 1.50. The van der Waals surface area contributed by atoms with Crippen molar-refractivity contribution in [3.8, 4) is 67.5 Å². The lowest BCUT2D eigenvalue weighted by molar-refractivity contribution is 0.415. The first-order valence-corrected chi connectivity index (χ1v) is 20.8. The van der Waals surface area contributed by atoms with Crippen LogP contribution in [0.3, 0.4) is 0 Å². The zero-order valence-electron chi connectivity index (χ0n) is 32.6. The van der Waals surface area contributed by atoms with E-state index in [1.54, 1.807) is 61.7 Å². The van der Waals surface area contributed by atoms with Gasteiger partial charge in [-0.05, 0) is 126 Å². The summed E-state index contributed by atoms with van der Waals surface area (Å²) < 4.78 is 41.2. The number of aromatic amines is 2. The predicted molar refractivity (Wildman–Crippen MR) is 237 cm³/mol. The van der Waals surface area contributed by atoms with Gasteiger partial charge in [-0.25, -0.2) is 4.98 Å². The van der Waals surface area contributed by atoms with Crippen LogP contribution in [0.1, 0.15) is 23.9 Å². The van der Waals surface area contributed by atoms with Crippen LogP contribution >= 0.6 is 0 Å². The molecule has 2 aliphatic heterocycles. The van der Waals surface area contributed by atoms with Gasteiger partial charge in [-0.1, -0.05) is 48.5 Å². The zero-order chi connectivity index (χ0) is 41.7. The van der Waals surface area contributed by atoms with Crippen LogP contribution in [0.4, 0.5) is 5.69 Å². The molecule has 0 amide bonds. The molecule has 6 N–H and O–H groups in total. The number of phenolic OH excluding ortho intramolecular Hbond substituents is 3. The molecule has 12 heteroatoms. The number of aromatic hydroxyl groups is 3. The van der Waals surface area contributed by atoms with Crippen molar-refractivity contribution in [1.29, 1.82) is 0 Å². The number of ether oxygens (including phenoxy) is 1. The Hall–Kier alpha value is -7.28. The highest BCUT2D eigenvalue weighted by Gasteiger charge is 2.29. The van der Waals surface area contributed by atoms with Crippen LogP contribution < -0.4 is 9.64 Å². The summed E-state index contributed by atoms with van der Waals surface area (Å²) in [5.41, 5.74) is 11.4. The van der Waals surface area contributed by atoms with Crippen molar-refractivity contribution in [3.63, 3.8) is 0 Å². The summed E-state index contributed by atoms with van der Waals surface area (Å²) in [5.74, 6) is 0.859. The van der Waals surface area contributed by atoms with Crippen LogP contribution in [0.15, 0.2) is 127 Å². The van der Waals surface area contributed by atoms with E-state index in [0.29, 0.717) is 67.1 Å². The van der Waals surface area contributed by atoms with E-state index >= 15 is 0 Å². The highest BCUT2D eigenvalue weighted by molar-refractivity contribution is 7.86. The van der Waals surface area contributed by atoms with Gasteiger partial charge in [0.1, 0.15) is 28.2 Å². The van der Waals surface area contributed by atoms with Gasteiger partial charge in [-0.15, -0.1) is 0 Å². The van der Waals surface area contributed by atoms with E-state index in [-0.39, 0.29) is 30.3 Å². The molecule has 0 saturated carbocycles. The molecular formula is C48H40N4O7S. The number of fused-ring (bicyclic) bond motifs is 8. The first-order valence-electron chi connectivity index (χ1n) is 19.3. The van der Waals surface area contributed by atoms with Crippen LogP contribution in [0.2, 0.25) is 0 Å². The van der Waals surface area contributed by atoms with Crippen molar-refractivity contribution in [1.82, 2.24) is 15.0 Å². The van der Waals surface area contributed by atoms with Crippen LogP contribution in [-0.2, 0) is 16.7 Å². The smallest absolute Gasteiger partial charge is 0.269 e. The van der Waals surface area contributed by atoms with Crippen molar-refractivity contribution in [2.75, 3.05) is 18.6 Å². The Labute approximate surface area is 345 Å². The number of nitrogens with zero attached hydrogens (tertiary/aromatic N) is 2. The minimum absolute atomic E-state index is 0.0471. The maximum absolute atomic E-state index is 12.6. The van der Waals surface area contributed by atoms with Crippen LogP contribution in [0.5, 0.6) is 23.0 Å². The number of anilines is 1. The molecule has 0 radical (unpaired) electrons. The van der Waals surface area contributed by atoms with Gasteiger partial charge in [-0.2, -0.15) is 8.42 Å². The summed E-state index contributed by atoms with van der Waals surface area (Å²) in [6.45, 7) is 1.67. The quantitative estimate of drug-likeness (QED) is 0.0817. The number of hydrogen-bond acceptors (Lipinski definition) is 8. The minimum atomic E-state index is -4.43. The third-order valence-corrected chi connectivity index (χ3v) is 12.1. The highest BCUT2D eigenvalue weighted by Crippen LogP contribution is 2.44. The van der Waals surface area contributed by atoms with Gasteiger partial charge in [-0.3, -0.25) is 4.55 Å². The topological polar surface area (TPSA) is 172 Å². The van der Waals surface area contributed by atoms with Crippen LogP contribution in [-0.4, -0.2) is 62.1 Å². The van der Waals surface area contributed by atoms with Gasteiger partial charge in [0.2, 0.25) is 0 Å². The van der Waals surface area contributed by atoms with E-state index in [1.807, 2.05) is 89.8 Å². The number of benzene rings is 4. The van der Waals surface area contributed by atoms with Gasteiger partial charge in [0.05, 0.1) is 18.5 Å². The average Bonchev–Trinajstić information content (AvgIpc) is 4.05. The maximum atomic E-state index is 12.6. The lowest BCUT2D eigenvalue weighted by atomic mass is 10.00. The molecule has 3 aromatic heterocycles. The van der Waals surface area contributed by atoms with E-state index in [0.717, 1.165) is 27.8 Å². The molecule has 0 aliphatic carbocycles. The minimum Gasteiger partial charge on any atom is -0.508 e. The number of methoxy groups -OCH3 is 1. The predicted octanol–water partition coefficient (Wildman–Crippen LogP) is 10.2. The third-order valence-electron chi connectivity index (χ3n) is 10.9. The van der Waals surface area contributed by atoms with Gasteiger partial charge < -0.3 is 34.9 Å². The molecule has 0 spiro atoms. The molecule has 300 valence electrons. The Morgan fingerprint density at radius 1 is 0.633 bits per heavy atom. The number of H-pyrrole nitrogens is 2. The highest BCUT2D eigenvalue weighted by atomic mass is 32.2. The number of phenols is 3. The second-order valence-electron chi connectivity index (χ2n) is 14.9. The van der Waals surface area contributed by atoms with Crippen LogP contribution in [0, 0.1) is 0 Å². The van der Waals surface area contributed by atoms with Gasteiger partial charge in [0.25, 0.3) is 10.1 Å². The molecule has 1 unspecified atom stereocenters. The van der Waals surface area contributed by atoms with Crippen molar-refractivity contribution in [3.05, 3.63) is 144 Å². The Bertz CT molecular complexity index is 3150. The molecule has 4 aromatic carbocycles. The molecule has 2 aliphatic rings.